The van der Waals surface area contributed by atoms with E-state index in [2.05, 4.69) is 52.2 Å². The smallest absolute Gasteiger partial charge is 0.191 e. The molecule has 1 saturated carbocycles. The van der Waals surface area contributed by atoms with E-state index in [1.807, 2.05) is 0 Å². The topological polar surface area (TPSA) is 52.7 Å². The van der Waals surface area contributed by atoms with E-state index >= 15 is 0 Å². The van der Waals surface area contributed by atoms with Crippen molar-refractivity contribution < 1.29 is 4.79 Å². The van der Waals surface area contributed by atoms with Crippen molar-refractivity contribution in [2.24, 2.45) is 0 Å². The molecule has 0 saturated heterocycles. The summed E-state index contributed by atoms with van der Waals surface area (Å²) in [7, 11) is 0. The standard InChI is InChI=1S/C23H32N4OS/c1-4-26-22(19-10-11-19)24-25-23(26)29-15-21(28)20-14-16(2)27(17(20)3)13-12-18-8-6-5-7-9-18/h8,14,19H,4-7,9-13,15H2,1-3H3. The van der Waals surface area contributed by atoms with Crippen LogP contribution in [0.4, 0.5) is 0 Å². The summed E-state index contributed by atoms with van der Waals surface area (Å²) in [4.78, 5) is 13.0. The molecule has 0 atom stereocenters. The minimum atomic E-state index is 0.185. The van der Waals surface area contributed by atoms with Gasteiger partial charge in [-0.05, 0) is 71.8 Å². The molecule has 0 spiro atoms. The molecule has 1 fully saturated rings. The summed E-state index contributed by atoms with van der Waals surface area (Å²) in [5.41, 5.74) is 4.72. The molecular formula is C23H32N4OS. The lowest BCUT2D eigenvalue weighted by Crippen LogP contribution is -2.09. The highest BCUT2D eigenvalue weighted by Gasteiger charge is 2.30. The number of rotatable bonds is 9. The van der Waals surface area contributed by atoms with Crippen LogP contribution >= 0.6 is 11.8 Å². The molecule has 0 N–H and O–H groups in total. The normalized spacial score (nSPS) is 16.9. The number of carbonyl (C=O) groups excluding carboxylic acids is 1. The van der Waals surface area contributed by atoms with Crippen LogP contribution in [-0.2, 0) is 13.1 Å². The zero-order valence-corrected chi connectivity index (χ0v) is 18.7. The number of Topliss-reactive ketones (excluding diaryl/α,β-unsaturated/α-hetero) is 1. The largest absolute Gasteiger partial charge is 0.348 e. The number of hydrogen-bond acceptors (Lipinski definition) is 4. The van der Waals surface area contributed by atoms with Gasteiger partial charge in [0.2, 0.25) is 0 Å². The van der Waals surface area contributed by atoms with Crippen LogP contribution in [0.5, 0.6) is 0 Å². The molecule has 0 aliphatic heterocycles. The molecule has 2 aromatic heterocycles. The Balaban J connectivity index is 1.40. The van der Waals surface area contributed by atoms with Gasteiger partial charge in [-0.1, -0.05) is 23.4 Å². The molecule has 0 bridgehead atoms. The molecule has 6 heteroatoms. The quantitative estimate of drug-likeness (QED) is 0.312. The van der Waals surface area contributed by atoms with Crippen molar-refractivity contribution in [1.29, 1.82) is 0 Å². The van der Waals surface area contributed by atoms with Crippen molar-refractivity contribution in [3.05, 3.63) is 40.5 Å². The highest BCUT2D eigenvalue weighted by atomic mass is 32.2. The first-order valence-corrected chi connectivity index (χ1v) is 12.0. The maximum absolute atomic E-state index is 13.0. The number of allylic oxidation sites excluding steroid dienone is 2. The van der Waals surface area contributed by atoms with Gasteiger partial charge in [-0.2, -0.15) is 0 Å². The molecule has 0 amide bonds. The molecular weight excluding hydrogens is 380 g/mol. The van der Waals surface area contributed by atoms with Crippen LogP contribution in [-0.4, -0.2) is 30.9 Å². The minimum Gasteiger partial charge on any atom is -0.348 e. The molecule has 2 aromatic rings. The number of aryl methyl sites for hydroxylation is 1. The number of thioether (sulfide) groups is 1. The van der Waals surface area contributed by atoms with Crippen LogP contribution in [0.15, 0.2) is 22.9 Å². The van der Waals surface area contributed by atoms with E-state index in [9.17, 15) is 4.79 Å². The lowest BCUT2D eigenvalue weighted by atomic mass is 9.97. The van der Waals surface area contributed by atoms with Crippen LogP contribution in [0.3, 0.4) is 0 Å². The number of nitrogens with zero attached hydrogens (tertiary/aromatic N) is 4. The van der Waals surface area contributed by atoms with Crippen molar-refractivity contribution in [1.82, 2.24) is 19.3 Å². The Morgan fingerprint density at radius 2 is 2.03 bits per heavy atom. The lowest BCUT2D eigenvalue weighted by molar-refractivity contribution is 0.102. The fraction of sp³-hybridized carbons (Fsp3) is 0.609. The molecule has 0 unspecified atom stereocenters. The summed E-state index contributed by atoms with van der Waals surface area (Å²) in [6, 6.07) is 2.06. The lowest BCUT2D eigenvalue weighted by Gasteiger charge is -2.15. The van der Waals surface area contributed by atoms with Gasteiger partial charge in [0.25, 0.3) is 0 Å². The Hall–Kier alpha value is -1.82. The van der Waals surface area contributed by atoms with E-state index in [-0.39, 0.29) is 5.78 Å². The van der Waals surface area contributed by atoms with Crippen LogP contribution in [0.25, 0.3) is 0 Å². The summed E-state index contributed by atoms with van der Waals surface area (Å²) >= 11 is 1.52. The average Bonchev–Trinajstić information content (AvgIpc) is 3.43. The Labute approximate surface area is 178 Å². The van der Waals surface area contributed by atoms with E-state index in [4.69, 9.17) is 0 Å². The van der Waals surface area contributed by atoms with Crippen molar-refractivity contribution >= 4 is 17.5 Å². The van der Waals surface area contributed by atoms with Crippen LogP contribution in [0.1, 0.15) is 85.4 Å². The Kier molecular flexibility index (Phi) is 6.28. The molecule has 2 aliphatic carbocycles. The summed E-state index contributed by atoms with van der Waals surface area (Å²) in [5, 5.41) is 9.60. The van der Waals surface area contributed by atoms with E-state index in [1.54, 1.807) is 5.57 Å². The highest BCUT2D eigenvalue weighted by molar-refractivity contribution is 7.99. The number of aromatic nitrogens is 4. The molecule has 2 heterocycles. The first-order valence-electron chi connectivity index (χ1n) is 11.0. The molecule has 4 rings (SSSR count). The molecule has 29 heavy (non-hydrogen) atoms. The van der Waals surface area contributed by atoms with Gasteiger partial charge in [0.15, 0.2) is 10.9 Å². The van der Waals surface area contributed by atoms with Gasteiger partial charge in [-0.3, -0.25) is 4.79 Å². The Morgan fingerprint density at radius 1 is 1.21 bits per heavy atom. The Bertz CT molecular complexity index is 920. The number of ketones is 1. The molecule has 2 aliphatic rings. The number of hydrogen-bond donors (Lipinski definition) is 0. The first-order chi connectivity index (χ1) is 14.1. The maximum Gasteiger partial charge on any atom is 0.191 e. The van der Waals surface area contributed by atoms with Crippen molar-refractivity contribution in [3.8, 4) is 0 Å². The van der Waals surface area contributed by atoms with Crippen molar-refractivity contribution in [2.45, 2.75) is 89.9 Å². The fourth-order valence-corrected chi connectivity index (χ4v) is 5.26. The SMILES string of the molecule is CCn1c(SCC(=O)c2cc(C)n(CCC3=CCCCC3)c2C)nnc1C1CC1. The van der Waals surface area contributed by atoms with Crippen molar-refractivity contribution in [2.75, 3.05) is 5.75 Å². The molecule has 156 valence electrons. The molecule has 0 radical (unpaired) electrons. The van der Waals surface area contributed by atoms with Gasteiger partial charge in [-0.25, -0.2) is 0 Å². The molecule has 0 aromatic carbocycles. The van der Waals surface area contributed by atoms with Gasteiger partial charge in [-0.15, -0.1) is 10.2 Å². The van der Waals surface area contributed by atoms with E-state index < -0.39 is 0 Å². The van der Waals surface area contributed by atoms with Crippen molar-refractivity contribution in [3.63, 3.8) is 0 Å². The van der Waals surface area contributed by atoms with Crippen LogP contribution in [0.2, 0.25) is 0 Å². The predicted molar refractivity (Wildman–Crippen MR) is 118 cm³/mol. The highest BCUT2D eigenvalue weighted by Crippen LogP contribution is 2.40. The predicted octanol–water partition coefficient (Wildman–Crippen LogP) is 5.46. The summed E-state index contributed by atoms with van der Waals surface area (Å²) in [5.74, 6) is 2.27. The van der Waals surface area contributed by atoms with E-state index in [0.717, 1.165) is 41.7 Å². The van der Waals surface area contributed by atoms with E-state index in [0.29, 0.717) is 11.7 Å². The molecule has 5 nitrogen and oxygen atoms in total. The van der Waals surface area contributed by atoms with Gasteiger partial charge in [0.1, 0.15) is 5.82 Å². The Morgan fingerprint density at radius 3 is 2.72 bits per heavy atom. The fourth-order valence-electron chi connectivity index (χ4n) is 4.37. The monoisotopic (exact) mass is 412 g/mol. The van der Waals surface area contributed by atoms with Crippen LogP contribution < -0.4 is 0 Å². The second kappa shape index (κ2) is 8.90. The minimum absolute atomic E-state index is 0.185. The second-order valence-electron chi connectivity index (χ2n) is 8.37. The maximum atomic E-state index is 13.0. The zero-order valence-electron chi connectivity index (χ0n) is 17.9. The third-order valence-electron chi connectivity index (χ3n) is 6.25. The third-order valence-corrected chi connectivity index (χ3v) is 7.22. The van der Waals surface area contributed by atoms with Gasteiger partial charge in [0.05, 0.1) is 5.75 Å². The number of carbonyl (C=O) groups is 1. The van der Waals surface area contributed by atoms with Crippen LogP contribution in [0, 0.1) is 13.8 Å². The summed E-state index contributed by atoms with van der Waals surface area (Å²) in [6.45, 7) is 8.15. The summed E-state index contributed by atoms with van der Waals surface area (Å²) < 4.78 is 4.49. The average molecular weight is 413 g/mol. The first kappa shape index (κ1) is 20.5. The van der Waals surface area contributed by atoms with E-state index in [1.165, 1.54) is 56.0 Å². The third kappa shape index (κ3) is 4.52. The van der Waals surface area contributed by atoms with Gasteiger partial charge in [0, 0.05) is 36.0 Å². The second-order valence-corrected chi connectivity index (χ2v) is 9.31. The zero-order chi connectivity index (χ0) is 20.4. The summed E-state index contributed by atoms with van der Waals surface area (Å²) in [6.07, 6.45) is 11.1. The van der Waals surface area contributed by atoms with Gasteiger partial charge < -0.3 is 9.13 Å². The van der Waals surface area contributed by atoms with Gasteiger partial charge >= 0.3 is 0 Å².